The van der Waals surface area contributed by atoms with Crippen LogP contribution in [0, 0.1) is 40.4 Å². The molecular weight excluding hydrogens is 367 g/mol. The molecule has 0 aromatic carbocycles. The van der Waals surface area contributed by atoms with Crippen molar-refractivity contribution in [3.8, 4) is 0 Å². The molecule has 162 valence electrons. The maximum atomic E-state index is 12.8. The number of rotatable bonds is 4. The molecule has 3 nitrogen and oxygen atoms in total. The van der Waals surface area contributed by atoms with Crippen molar-refractivity contribution in [3.63, 3.8) is 0 Å². The summed E-state index contributed by atoms with van der Waals surface area (Å²) in [6.07, 6.45) is 13.6. The molecule has 0 spiro atoms. The van der Waals surface area contributed by atoms with Gasteiger partial charge in [0.05, 0.1) is 5.16 Å². The predicted molar refractivity (Wildman–Crippen MR) is 115 cm³/mol. The summed E-state index contributed by atoms with van der Waals surface area (Å²) in [7, 11) is -4.10. The molecule has 0 heterocycles. The molecular formula is C24H43O3P. The van der Waals surface area contributed by atoms with Crippen LogP contribution in [0.5, 0.6) is 0 Å². The van der Waals surface area contributed by atoms with Gasteiger partial charge in [0.2, 0.25) is 0 Å². The highest BCUT2D eigenvalue weighted by molar-refractivity contribution is 7.53. The van der Waals surface area contributed by atoms with E-state index in [9.17, 15) is 14.4 Å². The second-order valence-corrected chi connectivity index (χ2v) is 13.6. The third-order valence-corrected chi connectivity index (χ3v) is 12.9. The first-order valence-electron chi connectivity index (χ1n) is 12.2. The van der Waals surface area contributed by atoms with Crippen LogP contribution >= 0.6 is 7.60 Å². The zero-order valence-corrected chi connectivity index (χ0v) is 19.5. The molecule has 8 atom stereocenters. The van der Waals surface area contributed by atoms with Gasteiger partial charge in [-0.05, 0) is 91.8 Å². The molecule has 4 saturated carbocycles. The van der Waals surface area contributed by atoms with Crippen LogP contribution in [0.25, 0.3) is 0 Å². The zero-order chi connectivity index (χ0) is 20.4. The Hall–Kier alpha value is 0.150. The topological polar surface area (TPSA) is 57.5 Å². The SMILES string of the molecule is CCC[C@@H](C)[C@H]1CC[C@H]2[C@@H]3CCC4(P(=O)(O)O)CCCC[C@]4(C)[C@H]3CC[C@]12C. The van der Waals surface area contributed by atoms with E-state index in [0.29, 0.717) is 17.3 Å². The first-order valence-corrected chi connectivity index (χ1v) is 13.8. The van der Waals surface area contributed by atoms with Gasteiger partial charge in [-0.2, -0.15) is 0 Å². The minimum absolute atomic E-state index is 0.165. The summed E-state index contributed by atoms with van der Waals surface area (Å²) in [5.74, 6) is 3.67. The Morgan fingerprint density at radius 2 is 1.68 bits per heavy atom. The quantitative estimate of drug-likeness (QED) is 0.503. The molecule has 0 amide bonds. The predicted octanol–water partition coefficient (Wildman–Crippen LogP) is 6.77. The van der Waals surface area contributed by atoms with E-state index < -0.39 is 12.8 Å². The lowest BCUT2D eigenvalue weighted by Gasteiger charge is -2.65. The molecule has 0 aromatic rings. The minimum atomic E-state index is -4.10. The summed E-state index contributed by atoms with van der Waals surface area (Å²) in [5.41, 5.74) is 0.296. The summed E-state index contributed by atoms with van der Waals surface area (Å²) >= 11 is 0. The second-order valence-electron chi connectivity index (χ2n) is 11.6. The molecule has 0 radical (unpaired) electrons. The normalized spacial score (nSPS) is 49.8. The molecule has 4 heteroatoms. The third-order valence-electron chi connectivity index (χ3n) is 10.8. The summed E-state index contributed by atoms with van der Waals surface area (Å²) in [6, 6.07) is 0. The molecule has 4 aliphatic carbocycles. The van der Waals surface area contributed by atoms with Gasteiger partial charge in [-0.1, -0.05) is 53.4 Å². The summed E-state index contributed by atoms with van der Waals surface area (Å²) in [5, 5.41) is -0.735. The van der Waals surface area contributed by atoms with Gasteiger partial charge in [0.25, 0.3) is 0 Å². The second kappa shape index (κ2) is 7.10. The molecule has 4 fully saturated rings. The standard InChI is InChI=1S/C24H43O3P/c1-5-8-17(2)19-9-10-20-18-11-16-24(28(25,26)27)14-7-6-13-23(24,4)21(18)12-15-22(19,20)3/h17-21H,5-16H2,1-4H3,(H2,25,26,27)/t17-,18+,19-,20+,21+,22-,23-,24?/m1/s1. The monoisotopic (exact) mass is 410 g/mol. The third kappa shape index (κ3) is 2.78. The van der Waals surface area contributed by atoms with Crippen molar-refractivity contribution in [1.82, 2.24) is 0 Å². The molecule has 4 aliphatic rings. The van der Waals surface area contributed by atoms with E-state index in [-0.39, 0.29) is 5.41 Å². The van der Waals surface area contributed by atoms with Gasteiger partial charge in [-0.3, -0.25) is 4.57 Å². The van der Waals surface area contributed by atoms with Crippen molar-refractivity contribution in [3.05, 3.63) is 0 Å². The Kier molecular flexibility index (Phi) is 5.42. The summed E-state index contributed by atoms with van der Waals surface area (Å²) < 4.78 is 12.8. The highest BCUT2D eigenvalue weighted by Gasteiger charge is 2.68. The number of fused-ring (bicyclic) bond motifs is 5. The highest BCUT2D eigenvalue weighted by atomic mass is 31.2. The van der Waals surface area contributed by atoms with Crippen molar-refractivity contribution in [1.29, 1.82) is 0 Å². The van der Waals surface area contributed by atoms with Gasteiger partial charge in [0.15, 0.2) is 0 Å². The Balaban J connectivity index is 1.66. The smallest absolute Gasteiger partial charge is 0.324 e. The maximum absolute atomic E-state index is 12.8. The van der Waals surface area contributed by atoms with Crippen LogP contribution < -0.4 is 0 Å². The minimum Gasteiger partial charge on any atom is -0.324 e. The Labute approximate surface area is 172 Å². The molecule has 4 rings (SSSR count). The maximum Gasteiger partial charge on any atom is 0.332 e. The van der Waals surface area contributed by atoms with E-state index in [0.717, 1.165) is 56.3 Å². The summed E-state index contributed by atoms with van der Waals surface area (Å²) in [4.78, 5) is 21.0. The number of hydrogen-bond acceptors (Lipinski definition) is 1. The van der Waals surface area contributed by atoms with Crippen LogP contribution in [0.3, 0.4) is 0 Å². The van der Waals surface area contributed by atoms with Crippen molar-refractivity contribution >= 4 is 7.60 Å². The van der Waals surface area contributed by atoms with Crippen molar-refractivity contribution in [2.24, 2.45) is 40.4 Å². The lowest BCUT2D eigenvalue weighted by molar-refractivity contribution is -0.109. The molecule has 1 unspecified atom stereocenters. The van der Waals surface area contributed by atoms with E-state index in [4.69, 9.17) is 0 Å². The van der Waals surface area contributed by atoms with Crippen molar-refractivity contribution < 1.29 is 14.4 Å². The fourth-order valence-electron chi connectivity index (χ4n) is 9.51. The van der Waals surface area contributed by atoms with Crippen LogP contribution in [-0.4, -0.2) is 14.9 Å². The molecule has 0 aromatic heterocycles. The average Bonchev–Trinajstić information content (AvgIpc) is 2.97. The van der Waals surface area contributed by atoms with E-state index >= 15 is 0 Å². The van der Waals surface area contributed by atoms with E-state index in [2.05, 4.69) is 27.7 Å². The van der Waals surface area contributed by atoms with Gasteiger partial charge in [-0.25, -0.2) is 0 Å². The lowest BCUT2D eigenvalue weighted by atomic mass is 9.44. The molecule has 28 heavy (non-hydrogen) atoms. The largest absolute Gasteiger partial charge is 0.332 e. The molecule has 2 N–H and O–H groups in total. The van der Waals surface area contributed by atoms with Crippen molar-refractivity contribution in [2.45, 2.75) is 110 Å². The first kappa shape index (κ1) is 21.4. The van der Waals surface area contributed by atoms with Gasteiger partial charge < -0.3 is 9.79 Å². The van der Waals surface area contributed by atoms with Crippen LogP contribution in [0.1, 0.15) is 105 Å². The van der Waals surface area contributed by atoms with Crippen molar-refractivity contribution in [2.75, 3.05) is 0 Å². The van der Waals surface area contributed by atoms with Crippen LogP contribution in [0.2, 0.25) is 0 Å². The fraction of sp³-hybridized carbons (Fsp3) is 1.00. The Morgan fingerprint density at radius 3 is 2.36 bits per heavy atom. The lowest BCUT2D eigenvalue weighted by Crippen LogP contribution is -2.61. The van der Waals surface area contributed by atoms with Gasteiger partial charge in [0.1, 0.15) is 0 Å². The number of hydrogen-bond donors (Lipinski definition) is 2. The molecule has 0 saturated heterocycles. The van der Waals surface area contributed by atoms with Crippen LogP contribution in [-0.2, 0) is 4.57 Å². The van der Waals surface area contributed by atoms with Gasteiger partial charge >= 0.3 is 7.60 Å². The van der Waals surface area contributed by atoms with E-state index in [1.165, 1.54) is 38.5 Å². The molecule has 0 bridgehead atoms. The molecule has 0 aliphatic heterocycles. The first-order chi connectivity index (χ1) is 13.1. The van der Waals surface area contributed by atoms with Gasteiger partial charge in [-0.15, -0.1) is 0 Å². The van der Waals surface area contributed by atoms with Crippen LogP contribution in [0.4, 0.5) is 0 Å². The van der Waals surface area contributed by atoms with E-state index in [1.807, 2.05) is 0 Å². The zero-order valence-electron chi connectivity index (χ0n) is 18.6. The summed E-state index contributed by atoms with van der Waals surface area (Å²) in [6.45, 7) is 9.67. The van der Waals surface area contributed by atoms with Crippen LogP contribution in [0.15, 0.2) is 0 Å². The van der Waals surface area contributed by atoms with Gasteiger partial charge in [0, 0.05) is 0 Å². The Bertz CT molecular complexity index is 644. The highest BCUT2D eigenvalue weighted by Crippen LogP contribution is 2.76. The average molecular weight is 411 g/mol. The fourth-order valence-corrected chi connectivity index (χ4v) is 11.3. The Morgan fingerprint density at radius 1 is 0.964 bits per heavy atom. The van der Waals surface area contributed by atoms with E-state index in [1.54, 1.807) is 0 Å².